The molecule has 0 saturated carbocycles. The standard InChI is InChI=1S/C24H23ClN6O2S/c1-16-26-14-23(34-16)24(33)28-20(12-17-6-3-2-4-7-17)22(32)9-5-8-18-13-19(25)10-11-21(18)31-15-27-29-30-31/h2-4,6-7,10-11,13-15,20H,5,8-9,12H2,1H3,(H,28,33)/t20-/m0/s1. The Morgan fingerprint density at radius 3 is 2.71 bits per heavy atom. The van der Waals surface area contributed by atoms with Gasteiger partial charge in [-0.1, -0.05) is 41.9 Å². The molecule has 10 heteroatoms. The summed E-state index contributed by atoms with van der Waals surface area (Å²) < 4.78 is 1.57. The molecule has 8 nitrogen and oxygen atoms in total. The Kier molecular flexibility index (Phi) is 7.76. The van der Waals surface area contributed by atoms with Gasteiger partial charge in [-0.25, -0.2) is 9.67 Å². The molecule has 34 heavy (non-hydrogen) atoms. The van der Waals surface area contributed by atoms with Crippen molar-refractivity contribution < 1.29 is 9.59 Å². The number of nitrogens with one attached hydrogen (secondary N) is 1. The third-order valence-corrected chi connectivity index (χ3v) is 6.48. The quantitative estimate of drug-likeness (QED) is 0.357. The first-order chi connectivity index (χ1) is 16.5. The minimum absolute atomic E-state index is 0.0237. The Morgan fingerprint density at radius 2 is 2.00 bits per heavy atom. The van der Waals surface area contributed by atoms with Gasteiger partial charge in [-0.15, -0.1) is 16.4 Å². The molecule has 0 spiro atoms. The lowest BCUT2D eigenvalue weighted by atomic mass is 9.97. The molecule has 2 aromatic heterocycles. The lowest BCUT2D eigenvalue weighted by Crippen LogP contribution is -2.42. The second-order valence-electron chi connectivity index (χ2n) is 7.81. The summed E-state index contributed by atoms with van der Waals surface area (Å²) in [7, 11) is 0. The van der Waals surface area contributed by atoms with E-state index >= 15 is 0 Å². The summed E-state index contributed by atoms with van der Waals surface area (Å²) in [6, 6.07) is 14.5. The van der Waals surface area contributed by atoms with E-state index in [0.717, 1.165) is 21.8 Å². The van der Waals surface area contributed by atoms with Gasteiger partial charge in [0.2, 0.25) is 0 Å². The van der Waals surface area contributed by atoms with Gasteiger partial charge in [0.05, 0.1) is 22.9 Å². The Morgan fingerprint density at radius 1 is 1.18 bits per heavy atom. The average molecular weight is 495 g/mol. The number of hydrogen-bond donors (Lipinski definition) is 1. The number of tetrazole rings is 1. The average Bonchev–Trinajstić information content (AvgIpc) is 3.51. The number of halogens is 1. The third-order valence-electron chi connectivity index (χ3n) is 5.33. The maximum atomic E-state index is 13.2. The topological polar surface area (TPSA) is 103 Å². The summed E-state index contributed by atoms with van der Waals surface area (Å²) in [6.45, 7) is 1.84. The van der Waals surface area contributed by atoms with Crippen LogP contribution in [0.3, 0.4) is 0 Å². The van der Waals surface area contributed by atoms with Crippen LogP contribution in [0.15, 0.2) is 61.1 Å². The summed E-state index contributed by atoms with van der Waals surface area (Å²) in [4.78, 5) is 30.6. The fraction of sp³-hybridized carbons (Fsp3) is 0.250. The number of aryl methyl sites for hydroxylation is 2. The molecule has 0 aliphatic rings. The molecular formula is C24H23ClN6O2S. The van der Waals surface area contributed by atoms with Crippen LogP contribution in [0.2, 0.25) is 5.02 Å². The Balaban J connectivity index is 1.44. The van der Waals surface area contributed by atoms with E-state index in [1.807, 2.05) is 49.4 Å². The number of amides is 1. The second kappa shape index (κ2) is 11.1. The van der Waals surface area contributed by atoms with E-state index in [1.165, 1.54) is 17.7 Å². The smallest absolute Gasteiger partial charge is 0.263 e. The largest absolute Gasteiger partial charge is 0.341 e. The summed E-state index contributed by atoms with van der Waals surface area (Å²) in [5.74, 6) is -0.305. The molecule has 0 fully saturated rings. The zero-order valence-electron chi connectivity index (χ0n) is 18.5. The summed E-state index contributed by atoms with van der Waals surface area (Å²) in [5, 5.41) is 15.7. The molecule has 0 bridgehead atoms. The maximum absolute atomic E-state index is 13.2. The fourth-order valence-corrected chi connectivity index (χ4v) is 4.54. The normalized spacial score (nSPS) is 11.8. The van der Waals surface area contributed by atoms with Gasteiger partial charge in [0, 0.05) is 11.4 Å². The van der Waals surface area contributed by atoms with E-state index in [2.05, 4.69) is 25.8 Å². The molecule has 0 unspecified atom stereocenters. The van der Waals surface area contributed by atoms with Crippen LogP contribution in [0.5, 0.6) is 0 Å². The lowest BCUT2D eigenvalue weighted by Gasteiger charge is -2.18. The third kappa shape index (κ3) is 6.12. The van der Waals surface area contributed by atoms with Crippen LogP contribution in [0.4, 0.5) is 0 Å². The molecule has 1 atom stereocenters. The van der Waals surface area contributed by atoms with Crippen LogP contribution in [0.1, 0.15) is 38.6 Å². The molecule has 174 valence electrons. The Hall–Kier alpha value is -3.43. The highest BCUT2D eigenvalue weighted by Gasteiger charge is 2.22. The fourth-order valence-electron chi connectivity index (χ4n) is 3.67. The molecule has 0 radical (unpaired) electrons. The van der Waals surface area contributed by atoms with Gasteiger partial charge in [0.15, 0.2) is 5.78 Å². The number of nitrogens with zero attached hydrogens (tertiary/aromatic N) is 5. The van der Waals surface area contributed by atoms with Gasteiger partial charge in [-0.3, -0.25) is 9.59 Å². The van der Waals surface area contributed by atoms with Gasteiger partial charge in [-0.2, -0.15) is 0 Å². The monoisotopic (exact) mass is 494 g/mol. The Labute approximate surface area is 206 Å². The molecule has 4 aromatic rings. The molecule has 2 heterocycles. The predicted molar refractivity (Wildman–Crippen MR) is 130 cm³/mol. The van der Waals surface area contributed by atoms with E-state index in [1.54, 1.807) is 16.9 Å². The van der Waals surface area contributed by atoms with Crippen molar-refractivity contribution in [3.8, 4) is 5.69 Å². The molecule has 0 saturated heterocycles. The molecule has 1 N–H and O–H groups in total. The van der Waals surface area contributed by atoms with Crippen LogP contribution in [-0.2, 0) is 17.6 Å². The van der Waals surface area contributed by atoms with Gasteiger partial charge >= 0.3 is 0 Å². The van der Waals surface area contributed by atoms with Gasteiger partial charge in [0.1, 0.15) is 11.2 Å². The SMILES string of the molecule is Cc1ncc(C(=O)N[C@@H](Cc2ccccc2)C(=O)CCCc2cc(Cl)ccc2-n2cnnn2)s1. The molecule has 4 rings (SSSR count). The highest BCUT2D eigenvalue weighted by atomic mass is 35.5. The first-order valence-electron chi connectivity index (χ1n) is 10.8. The van der Waals surface area contributed by atoms with Crippen LogP contribution in [0.25, 0.3) is 5.69 Å². The minimum atomic E-state index is -0.629. The lowest BCUT2D eigenvalue weighted by molar-refractivity contribution is -0.121. The highest BCUT2D eigenvalue weighted by molar-refractivity contribution is 7.13. The van der Waals surface area contributed by atoms with Crippen molar-refractivity contribution in [2.24, 2.45) is 0 Å². The minimum Gasteiger partial charge on any atom is -0.341 e. The molecule has 1 amide bonds. The van der Waals surface area contributed by atoms with E-state index in [9.17, 15) is 9.59 Å². The molecular weight excluding hydrogens is 472 g/mol. The zero-order valence-corrected chi connectivity index (χ0v) is 20.1. The maximum Gasteiger partial charge on any atom is 0.263 e. The summed E-state index contributed by atoms with van der Waals surface area (Å²) in [6.07, 6.45) is 5.00. The van der Waals surface area contributed by atoms with Crippen LogP contribution < -0.4 is 5.32 Å². The van der Waals surface area contributed by atoms with E-state index in [0.29, 0.717) is 35.6 Å². The van der Waals surface area contributed by atoms with Crippen LogP contribution >= 0.6 is 22.9 Å². The number of hydrogen-bond acceptors (Lipinski definition) is 7. The number of carbonyl (C=O) groups excluding carboxylic acids is 2. The van der Waals surface area contributed by atoms with E-state index in [4.69, 9.17) is 11.6 Å². The highest BCUT2D eigenvalue weighted by Crippen LogP contribution is 2.21. The van der Waals surface area contributed by atoms with E-state index in [-0.39, 0.29) is 11.7 Å². The summed E-state index contributed by atoms with van der Waals surface area (Å²) >= 11 is 7.51. The number of carbonyl (C=O) groups is 2. The number of thiazole rings is 1. The predicted octanol–water partition coefficient (Wildman–Crippen LogP) is 4.01. The number of ketones is 1. The number of benzene rings is 2. The van der Waals surface area contributed by atoms with Crippen LogP contribution in [-0.4, -0.2) is 42.9 Å². The van der Waals surface area contributed by atoms with E-state index < -0.39 is 6.04 Å². The number of Topliss-reactive ketones (excluding diaryl/α,β-unsaturated/α-hetero) is 1. The van der Waals surface area contributed by atoms with Gasteiger partial charge in [0.25, 0.3) is 5.91 Å². The number of aromatic nitrogens is 5. The first kappa shape index (κ1) is 23.7. The van der Waals surface area contributed by atoms with Crippen molar-refractivity contribution in [2.75, 3.05) is 0 Å². The van der Waals surface area contributed by atoms with Crippen molar-refractivity contribution in [1.82, 2.24) is 30.5 Å². The number of rotatable bonds is 10. The Bertz CT molecular complexity index is 1260. The second-order valence-corrected chi connectivity index (χ2v) is 9.48. The van der Waals surface area contributed by atoms with Crippen molar-refractivity contribution in [1.29, 1.82) is 0 Å². The van der Waals surface area contributed by atoms with Crippen molar-refractivity contribution >= 4 is 34.6 Å². The van der Waals surface area contributed by atoms with Crippen molar-refractivity contribution in [2.45, 2.75) is 38.6 Å². The molecule has 2 aromatic carbocycles. The molecule has 0 aliphatic heterocycles. The van der Waals surface area contributed by atoms with Crippen LogP contribution in [0, 0.1) is 6.92 Å². The summed E-state index contributed by atoms with van der Waals surface area (Å²) in [5.41, 5.74) is 2.74. The molecule has 0 aliphatic carbocycles. The van der Waals surface area contributed by atoms with Gasteiger partial charge < -0.3 is 5.32 Å². The first-order valence-corrected chi connectivity index (χ1v) is 12.0. The zero-order chi connectivity index (χ0) is 23.9. The van der Waals surface area contributed by atoms with Crippen molar-refractivity contribution in [3.63, 3.8) is 0 Å². The van der Waals surface area contributed by atoms with Crippen molar-refractivity contribution in [3.05, 3.63) is 87.1 Å². The van der Waals surface area contributed by atoms with Gasteiger partial charge in [-0.05, 0) is 65.9 Å².